The smallest absolute Gasteiger partial charge is 0.335 e. The molecular formula is C17H16N4O2. The predicted octanol–water partition coefficient (Wildman–Crippen LogP) is 2.83. The van der Waals surface area contributed by atoms with Crippen LogP contribution in [0.25, 0.3) is 17.1 Å². The Labute approximate surface area is 133 Å². The lowest BCUT2D eigenvalue weighted by Gasteiger charge is -2.09. The van der Waals surface area contributed by atoms with Crippen molar-refractivity contribution in [2.45, 2.75) is 13.8 Å². The minimum absolute atomic E-state index is 0.150. The molecule has 2 heterocycles. The molecule has 0 bridgehead atoms. The SMILES string of the molecule is Cc1ccc(-c2c(C)c(N)nn2-c2cc(C(=O)O)ccn2)cc1. The van der Waals surface area contributed by atoms with Crippen LogP contribution >= 0.6 is 0 Å². The monoisotopic (exact) mass is 308 g/mol. The van der Waals surface area contributed by atoms with E-state index in [0.29, 0.717) is 11.6 Å². The van der Waals surface area contributed by atoms with Crippen LogP contribution in [0.4, 0.5) is 5.82 Å². The Hall–Kier alpha value is -3.15. The van der Waals surface area contributed by atoms with E-state index in [2.05, 4.69) is 10.1 Å². The van der Waals surface area contributed by atoms with Crippen LogP contribution in [0.5, 0.6) is 0 Å². The molecule has 1 aromatic carbocycles. The lowest BCUT2D eigenvalue weighted by Crippen LogP contribution is -2.05. The first-order valence-corrected chi connectivity index (χ1v) is 7.09. The van der Waals surface area contributed by atoms with Gasteiger partial charge in [0.05, 0.1) is 11.3 Å². The van der Waals surface area contributed by atoms with Gasteiger partial charge in [-0.3, -0.25) is 0 Å². The molecule has 0 spiro atoms. The highest BCUT2D eigenvalue weighted by atomic mass is 16.4. The molecule has 2 aromatic heterocycles. The lowest BCUT2D eigenvalue weighted by molar-refractivity contribution is 0.0696. The number of nitrogen functional groups attached to an aromatic ring is 1. The number of nitrogens with two attached hydrogens (primary N) is 1. The third kappa shape index (κ3) is 2.66. The number of anilines is 1. The minimum atomic E-state index is -1.01. The van der Waals surface area contributed by atoms with E-state index in [1.165, 1.54) is 18.3 Å². The van der Waals surface area contributed by atoms with Gasteiger partial charge in [0, 0.05) is 17.3 Å². The molecule has 0 radical (unpaired) electrons. The standard InChI is InChI=1S/C17H16N4O2/c1-10-3-5-12(6-4-10)15-11(2)16(18)20-21(15)14-9-13(17(22)23)7-8-19-14/h3-9H,1-2H3,(H2,18,20)(H,22,23). The van der Waals surface area contributed by atoms with Gasteiger partial charge in [0.25, 0.3) is 0 Å². The quantitative estimate of drug-likeness (QED) is 0.776. The zero-order valence-corrected chi connectivity index (χ0v) is 12.8. The van der Waals surface area contributed by atoms with Gasteiger partial charge in [-0.2, -0.15) is 0 Å². The Balaban J connectivity index is 2.21. The molecule has 3 rings (SSSR count). The molecular weight excluding hydrogens is 292 g/mol. The normalized spacial score (nSPS) is 10.7. The van der Waals surface area contributed by atoms with E-state index in [1.54, 1.807) is 4.68 Å². The van der Waals surface area contributed by atoms with Gasteiger partial charge in [0.2, 0.25) is 0 Å². The Morgan fingerprint density at radius 3 is 2.52 bits per heavy atom. The maximum absolute atomic E-state index is 11.2. The average Bonchev–Trinajstić information content (AvgIpc) is 2.84. The lowest BCUT2D eigenvalue weighted by atomic mass is 10.1. The largest absolute Gasteiger partial charge is 0.478 e. The summed E-state index contributed by atoms with van der Waals surface area (Å²) in [5, 5.41) is 13.5. The van der Waals surface area contributed by atoms with E-state index >= 15 is 0 Å². The molecule has 0 amide bonds. The van der Waals surface area contributed by atoms with Crippen LogP contribution in [0, 0.1) is 13.8 Å². The molecule has 0 aliphatic heterocycles. The van der Waals surface area contributed by atoms with Crippen LogP contribution in [0.2, 0.25) is 0 Å². The van der Waals surface area contributed by atoms with Crippen LogP contribution < -0.4 is 5.73 Å². The van der Waals surface area contributed by atoms with Gasteiger partial charge in [-0.25, -0.2) is 14.5 Å². The number of benzene rings is 1. The van der Waals surface area contributed by atoms with Gasteiger partial charge in [-0.05, 0) is 26.0 Å². The molecule has 3 aromatic rings. The molecule has 116 valence electrons. The second-order valence-electron chi connectivity index (χ2n) is 5.34. The van der Waals surface area contributed by atoms with E-state index in [4.69, 9.17) is 10.8 Å². The van der Waals surface area contributed by atoms with Crippen LogP contribution in [0.15, 0.2) is 42.6 Å². The third-order valence-electron chi connectivity index (χ3n) is 3.69. The first-order chi connectivity index (χ1) is 11.0. The number of rotatable bonds is 3. The van der Waals surface area contributed by atoms with Crippen LogP contribution in [0.3, 0.4) is 0 Å². The van der Waals surface area contributed by atoms with Crippen LogP contribution in [-0.4, -0.2) is 25.8 Å². The molecule has 0 saturated heterocycles. The Morgan fingerprint density at radius 2 is 1.87 bits per heavy atom. The summed E-state index contributed by atoms with van der Waals surface area (Å²) >= 11 is 0. The summed E-state index contributed by atoms with van der Waals surface area (Å²) in [5.41, 5.74) is 9.84. The zero-order valence-electron chi connectivity index (χ0n) is 12.8. The topological polar surface area (TPSA) is 94.0 Å². The molecule has 3 N–H and O–H groups in total. The van der Waals surface area contributed by atoms with Crippen LogP contribution in [-0.2, 0) is 0 Å². The highest BCUT2D eigenvalue weighted by Gasteiger charge is 2.17. The van der Waals surface area contributed by atoms with Crippen molar-refractivity contribution in [3.8, 4) is 17.1 Å². The number of hydrogen-bond donors (Lipinski definition) is 2. The second kappa shape index (κ2) is 5.57. The number of carboxylic acid groups (broad SMARTS) is 1. The Bertz CT molecular complexity index is 882. The molecule has 0 unspecified atom stereocenters. The Kier molecular flexibility index (Phi) is 3.57. The number of carbonyl (C=O) groups is 1. The highest BCUT2D eigenvalue weighted by Crippen LogP contribution is 2.29. The number of pyridine rings is 1. The van der Waals surface area contributed by atoms with Gasteiger partial charge in [0.1, 0.15) is 5.82 Å². The fourth-order valence-electron chi connectivity index (χ4n) is 2.40. The van der Waals surface area contributed by atoms with Gasteiger partial charge >= 0.3 is 5.97 Å². The minimum Gasteiger partial charge on any atom is -0.478 e. The molecule has 0 atom stereocenters. The number of hydrogen-bond acceptors (Lipinski definition) is 4. The van der Waals surface area contributed by atoms with Crippen LogP contribution in [0.1, 0.15) is 21.5 Å². The van der Waals surface area contributed by atoms with Gasteiger partial charge in [-0.15, -0.1) is 5.10 Å². The molecule has 0 aliphatic rings. The van der Waals surface area contributed by atoms with E-state index in [0.717, 1.165) is 22.4 Å². The molecule has 0 saturated carbocycles. The molecule has 0 fully saturated rings. The average molecular weight is 308 g/mol. The summed E-state index contributed by atoms with van der Waals surface area (Å²) in [6, 6.07) is 10.9. The van der Waals surface area contributed by atoms with Crippen molar-refractivity contribution in [1.82, 2.24) is 14.8 Å². The number of nitrogens with zero attached hydrogens (tertiary/aromatic N) is 3. The van der Waals surface area contributed by atoms with E-state index in [-0.39, 0.29) is 5.56 Å². The van der Waals surface area contributed by atoms with Crippen molar-refractivity contribution in [3.05, 3.63) is 59.3 Å². The fraction of sp³-hybridized carbons (Fsp3) is 0.118. The van der Waals surface area contributed by atoms with Gasteiger partial charge < -0.3 is 10.8 Å². The maximum Gasteiger partial charge on any atom is 0.335 e. The van der Waals surface area contributed by atoms with Gasteiger partial charge in [-0.1, -0.05) is 29.8 Å². The van der Waals surface area contributed by atoms with E-state index in [1.807, 2.05) is 38.1 Å². The first-order valence-electron chi connectivity index (χ1n) is 7.09. The fourth-order valence-corrected chi connectivity index (χ4v) is 2.40. The summed E-state index contributed by atoms with van der Waals surface area (Å²) in [6.45, 7) is 3.90. The predicted molar refractivity (Wildman–Crippen MR) is 87.6 cm³/mol. The molecule has 23 heavy (non-hydrogen) atoms. The maximum atomic E-state index is 11.2. The summed E-state index contributed by atoms with van der Waals surface area (Å²) in [5.74, 6) is -0.203. The summed E-state index contributed by atoms with van der Waals surface area (Å²) in [7, 11) is 0. The van der Waals surface area contributed by atoms with Crippen molar-refractivity contribution in [3.63, 3.8) is 0 Å². The van der Waals surface area contributed by atoms with Crippen molar-refractivity contribution in [2.75, 3.05) is 5.73 Å². The number of aromatic carboxylic acids is 1. The molecule has 0 aliphatic carbocycles. The zero-order chi connectivity index (χ0) is 16.6. The third-order valence-corrected chi connectivity index (χ3v) is 3.69. The molecule has 6 heteroatoms. The summed E-state index contributed by atoms with van der Waals surface area (Å²) < 4.78 is 1.59. The summed E-state index contributed by atoms with van der Waals surface area (Å²) in [4.78, 5) is 15.4. The Morgan fingerprint density at radius 1 is 1.17 bits per heavy atom. The van der Waals surface area contributed by atoms with Crippen molar-refractivity contribution in [1.29, 1.82) is 0 Å². The number of aromatic nitrogens is 3. The van der Waals surface area contributed by atoms with Crippen molar-refractivity contribution < 1.29 is 9.90 Å². The first kappa shape index (κ1) is 14.8. The van der Waals surface area contributed by atoms with Crippen molar-refractivity contribution >= 4 is 11.8 Å². The summed E-state index contributed by atoms with van der Waals surface area (Å²) in [6.07, 6.45) is 1.45. The number of aryl methyl sites for hydroxylation is 1. The highest BCUT2D eigenvalue weighted by molar-refractivity contribution is 5.88. The van der Waals surface area contributed by atoms with Gasteiger partial charge in [0.15, 0.2) is 5.82 Å². The van der Waals surface area contributed by atoms with Crippen molar-refractivity contribution in [2.24, 2.45) is 0 Å². The molecule has 6 nitrogen and oxygen atoms in total. The number of carboxylic acids is 1. The second-order valence-corrected chi connectivity index (χ2v) is 5.34. The van der Waals surface area contributed by atoms with E-state index < -0.39 is 5.97 Å². The van der Waals surface area contributed by atoms with E-state index in [9.17, 15) is 4.79 Å².